The summed E-state index contributed by atoms with van der Waals surface area (Å²) in [6.45, 7) is 6.16. The van der Waals surface area contributed by atoms with Gasteiger partial charge in [-0.2, -0.15) is 0 Å². The number of hydrogen-bond donors (Lipinski definition) is 1. The number of halogens is 2. The molecule has 0 radical (unpaired) electrons. The molecule has 2 amide bonds. The summed E-state index contributed by atoms with van der Waals surface area (Å²) in [5.41, 5.74) is 2.61. The van der Waals surface area contributed by atoms with Crippen LogP contribution in [0.1, 0.15) is 25.0 Å². The number of carbonyl (C=O) groups excluding carboxylic acids is 2. The van der Waals surface area contributed by atoms with Crippen molar-refractivity contribution in [1.29, 1.82) is 0 Å². The first-order valence-corrected chi connectivity index (χ1v) is 10.0. The van der Waals surface area contributed by atoms with E-state index >= 15 is 0 Å². The highest BCUT2D eigenvalue weighted by atomic mass is 35.5. The Morgan fingerprint density at radius 2 is 1.83 bits per heavy atom. The van der Waals surface area contributed by atoms with E-state index in [4.69, 9.17) is 27.9 Å². The maximum atomic E-state index is 13.2. The van der Waals surface area contributed by atoms with Crippen LogP contribution in [0.5, 0.6) is 0 Å². The summed E-state index contributed by atoms with van der Waals surface area (Å²) >= 11 is 12.4. The van der Waals surface area contributed by atoms with Crippen molar-refractivity contribution in [3.05, 3.63) is 69.3 Å². The summed E-state index contributed by atoms with van der Waals surface area (Å²) in [6.07, 6.45) is 0.00540. The van der Waals surface area contributed by atoms with E-state index < -0.39 is 11.8 Å². The lowest BCUT2D eigenvalue weighted by molar-refractivity contribution is -0.137. The smallest absolute Gasteiger partial charge is 0.278 e. The average Bonchev–Trinajstić information content (AvgIpc) is 2.86. The van der Waals surface area contributed by atoms with Gasteiger partial charge in [-0.3, -0.25) is 14.5 Å². The van der Waals surface area contributed by atoms with Crippen LogP contribution < -0.4 is 5.32 Å². The second kappa shape index (κ2) is 8.99. The molecule has 0 aromatic heterocycles. The van der Waals surface area contributed by atoms with Crippen LogP contribution in [0.4, 0.5) is 5.69 Å². The van der Waals surface area contributed by atoms with Gasteiger partial charge in [0, 0.05) is 16.3 Å². The lowest BCUT2D eigenvalue weighted by atomic mass is 10.0. The SMILES string of the molecule is Cc1cccc(NC2=C(c3ccc(Cl)cc3Cl)C(=O)N(CCOC(C)C)C2=O)c1. The third kappa shape index (κ3) is 4.81. The monoisotopic (exact) mass is 432 g/mol. The molecule has 2 aromatic carbocycles. The van der Waals surface area contributed by atoms with Crippen molar-refractivity contribution in [1.82, 2.24) is 4.90 Å². The summed E-state index contributed by atoms with van der Waals surface area (Å²) < 4.78 is 5.52. The molecule has 1 heterocycles. The predicted molar refractivity (Wildman–Crippen MR) is 116 cm³/mol. The Morgan fingerprint density at radius 3 is 2.48 bits per heavy atom. The van der Waals surface area contributed by atoms with E-state index in [9.17, 15) is 9.59 Å². The van der Waals surface area contributed by atoms with Gasteiger partial charge < -0.3 is 10.1 Å². The van der Waals surface area contributed by atoms with E-state index in [1.165, 1.54) is 4.90 Å². The molecule has 0 spiro atoms. The van der Waals surface area contributed by atoms with E-state index in [1.807, 2.05) is 45.0 Å². The molecule has 0 saturated heterocycles. The maximum absolute atomic E-state index is 13.2. The van der Waals surface area contributed by atoms with Crippen LogP contribution in [-0.2, 0) is 14.3 Å². The first kappa shape index (κ1) is 21.4. The third-order valence-electron chi connectivity index (χ3n) is 4.42. The number of imide groups is 1. The van der Waals surface area contributed by atoms with Crippen LogP contribution in [0.15, 0.2) is 48.2 Å². The Morgan fingerprint density at radius 1 is 1.07 bits per heavy atom. The lowest BCUT2D eigenvalue weighted by Gasteiger charge is -2.16. The Balaban J connectivity index is 2.01. The van der Waals surface area contributed by atoms with Gasteiger partial charge in [-0.25, -0.2) is 0 Å². The number of hydrogen-bond acceptors (Lipinski definition) is 4. The maximum Gasteiger partial charge on any atom is 0.278 e. The fourth-order valence-electron chi connectivity index (χ4n) is 3.08. The second-order valence-electron chi connectivity index (χ2n) is 7.05. The number of nitrogens with zero attached hydrogens (tertiary/aromatic N) is 1. The van der Waals surface area contributed by atoms with E-state index in [0.717, 1.165) is 5.56 Å². The molecule has 7 heteroatoms. The normalized spacial score (nSPS) is 14.3. The molecule has 1 aliphatic heterocycles. The number of rotatable bonds is 7. The third-order valence-corrected chi connectivity index (χ3v) is 4.97. The number of benzene rings is 2. The highest BCUT2D eigenvalue weighted by molar-refractivity contribution is 6.41. The van der Waals surface area contributed by atoms with E-state index in [2.05, 4.69) is 5.32 Å². The molecule has 0 bridgehead atoms. The van der Waals surface area contributed by atoms with Gasteiger partial charge in [0.15, 0.2) is 0 Å². The summed E-state index contributed by atoms with van der Waals surface area (Å²) in [6, 6.07) is 12.4. The molecule has 1 aliphatic rings. The van der Waals surface area contributed by atoms with Crippen molar-refractivity contribution in [2.24, 2.45) is 0 Å². The number of anilines is 1. The van der Waals surface area contributed by atoms with Crippen molar-refractivity contribution in [2.45, 2.75) is 26.9 Å². The molecular weight excluding hydrogens is 411 g/mol. The van der Waals surface area contributed by atoms with Crippen LogP contribution in [-0.4, -0.2) is 36.0 Å². The van der Waals surface area contributed by atoms with Crippen molar-refractivity contribution in [2.75, 3.05) is 18.5 Å². The van der Waals surface area contributed by atoms with E-state index in [1.54, 1.807) is 18.2 Å². The first-order chi connectivity index (χ1) is 13.8. The summed E-state index contributed by atoms with van der Waals surface area (Å²) in [5.74, 6) is -0.827. The fraction of sp³-hybridized carbons (Fsp3) is 0.273. The number of carbonyl (C=O) groups is 2. The molecule has 152 valence electrons. The number of ether oxygens (including phenoxy) is 1. The van der Waals surface area contributed by atoms with E-state index in [-0.39, 0.29) is 30.5 Å². The quantitative estimate of drug-likeness (QED) is 0.630. The molecule has 1 N–H and O–H groups in total. The molecule has 0 unspecified atom stereocenters. The number of nitrogens with one attached hydrogen (secondary N) is 1. The van der Waals surface area contributed by atoms with E-state index in [0.29, 0.717) is 21.3 Å². The van der Waals surface area contributed by atoms with Gasteiger partial charge in [-0.15, -0.1) is 0 Å². The fourth-order valence-corrected chi connectivity index (χ4v) is 3.59. The summed E-state index contributed by atoms with van der Waals surface area (Å²) in [5, 5.41) is 3.87. The Labute approximate surface area is 180 Å². The molecule has 0 saturated carbocycles. The molecule has 0 atom stereocenters. The lowest BCUT2D eigenvalue weighted by Crippen LogP contribution is -2.35. The average molecular weight is 433 g/mol. The van der Waals surface area contributed by atoms with Crippen LogP contribution in [0.3, 0.4) is 0 Å². The van der Waals surface area contributed by atoms with Crippen LogP contribution in [0, 0.1) is 6.92 Å². The summed E-state index contributed by atoms with van der Waals surface area (Å²) in [4.78, 5) is 27.4. The molecule has 0 aliphatic carbocycles. The minimum Gasteiger partial charge on any atom is -0.377 e. The molecular formula is C22H22Cl2N2O3. The standard InChI is InChI=1S/C22H22Cl2N2O3/c1-13(2)29-10-9-26-21(27)19(17-8-7-15(23)12-18(17)24)20(22(26)28)25-16-6-4-5-14(3)11-16/h4-8,11-13,25H,9-10H2,1-3H3. The Hall–Kier alpha value is -2.34. The Bertz CT molecular complexity index is 986. The minimum absolute atomic E-state index is 0.00540. The van der Waals surface area contributed by atoms with Crippen molar-refractivity contribution in [3.8, 4) is 0 Å². The second-order valence-corrected chi connectivity index (χ2v) is 7.89. The van der Waals surface area contributed by atoms with Crippen molar-refractivity contribution < 1.29 is 14.3 Å². The number of amides is 2. The predicted octanol–water partition coefficient (Wildman–Crippen LogP) is 4.92. The zero-order valence-electron chi connectivity index (χ0n) is 16.5. The zero-order chi connectivity index (χ0) is 21.1. The Kier molecular flexibility index (Phi) is 6.63. The first-order valence-electron chi connectivity index (χ1n) is 9.29. The molecule has 0 fully saturated rings. The molecule has 29 heavy (non-hydrogen) atoms. The van der Waals surface area contributed by atoms with Gasteiger partial charge in [0.1, 0.15) is 5.70 Å². The van der Waals surface area contributed by atoms with Gasteiger partial charge in [0.2, 0.25) is 0 Å². The topological polar surface area (TPSA) is 58.6 Å². The van der Waals surface area contributed by atoms with Gasteiger partial charge in [0.05, 0.1) is 29.9 Å². The minimum atomic E-state index is -0.415. The molecule has 3 rings (SSSR count). The van der Waals surface area contributed by atoms with Crippen LogP contribution >= 0.6 is 23.2 Å². The van der Waals surface area contributed by atoms with Gasteiger partial charge >= 0.3 is 0 Å². The van der Waals surface area contributed by atoms with Crippen LogP contribution in [0.2, 0.25) is 10.0 Å². The highest BCUT2D eigenvalue weighted by Gasteiger charge is 2.39. The largest absolute Gasteiger partial charge is 0.377 e. The van der Waals surface area contributed by atoms with Crippen molar-refractivity contribution >= 4 is 46.3 Å². The van der Waals surface area contributed by atoms with Crippen LogP contribution in [0.25, 0.3) is 5.57 Å². The zero-order valence-corrected chi connectivity index (χ0v) is 18.0. The number of aryl methyl sites for hydroxylation is 1. The van der Waals surface area contributed by atoms with Gasteiger partial charge in [-0.05, 0) is 50.6 Å². The summed E-state index contributed by atoms with van der Waals surface area (Å²) in [7, 11) is 0. The molecule has 5 nitrogen and oxygen atoms in total. The highest BCUT2D eigenvalue weighted by Crippen LogP contribution is 2.35. The van der Waals surface area contributed by atoms with Crippen molar-refractivity contribution in [3.63, 3.8) is 0 Å². The van der Waals surface area contributed by atoms with Gasteiger partial charge in [0.25, 0.3) is 11.8 Å². The molecule has 2 aromatic rings. The van der Waals surface area contributed by atoms with Gasteiger partial charge in [-0.1, -0.05) is 41.4 Å².